The molecule has 0 radical (unpaired) electrons. The van der Waals surface area contributed by atoms with Crippen LogP contribution in [-0.2, 0) is 63.9 Å². The number of phenols is 1. The summed E-state index contributed by atoms with van der Waals surface area (Å²) >= 11 is 0. The summed E-state index contributed by atoms with van der Waals surface area (Å²) in [6, 6.07) is 38.3. The lowest BCUT2D eigenvalue weighted by atomic mass is 9.65. The Bertz CT molecular complexity index is 3030. The topological polar surface area (TPSA) is 209 Å². The molecule has 4 aromatic rings. The number of fused-ring (bicyclic) bond motifs is 9. The molecule has 21 heteroatoms. The number of aromatic hydroxyl groups is 1. The molecule has 1 aliphatic heterocycles. The van der Waals surface area contributed by atoms with Gasteiger partial charge in [0.1, 0.15) is 29.8 Å². The highest BCUT2D eigenvalue weighted by Crippen LogP contribution is 2.71. The van der Waals surface area contributed by atoms with Gasteiger partial charge in [0.25, 0.3) is 6.10 Å². The van der Waals surface area contributed by atoms with Crippen molar-refractivity contribution >= 4 is 50.9 Å². The Balaban J connectivity index is 0.000000207. The summed E-state index contributed by atoms with van der Waals surface area (Å²) < 4.78 is 119. The van der Waals surface area contributed by atoms with Gasteiger partial charge in [-0.05, 0) is 210 Å². The van der Waals surface area contributed by atoms with E-state index in [2.05, 4.69) is 110 Å². The normalized spacial score (nSPS) is 22.9. The molecule has 4 aromatic carbocycles. The molecule has 1 saturated heterocycles. The van der Waals surface area contributed by atoms with Gasteiger partial charge in [-0.1, -0.05) is 89.2 Å². The van der Waals surface area contributed by atoms with Crippen molar-refractivity contribution in [2.75, 3.05) is 6.61 Å². The van der Waals surface area contributed by atoms with Crippen molar-refractivity contribution in [1.29, 1.82) is 0 Å². The van der Waals surface area contributed by atoms with Crippen molar-refractivity contribution in [2.24, 2.45) is 57.2 Å². The van der Waals surface area contributed by atoms with Gasteiger partial charge in [0.2, 0.25) is 0 Å². The third kappa shape index (κ3) is 18.6. The number of hydrogen-bond donors (Lipinski definition) is 1. The van der Waals surface area contributed by atoms with E-state index in [1.54, 1.807) is 12.1 Å². The van der Waals surface area contributed by atoms with Crippen molar-refractivity contribution in [3.63, 3.8) is 0 Å². The number of phenolic OH excluding ortho intramolecular Hbond substituents is 1. The Labute approximate surface area is 531 Å². The number of rotatable bonds is 18. The average Bonchev–Trinajstić information content (AvgIpc) is 1.53. The van der Waals surface area contributed by atoms with E-state index in [-0.39, 0.29) is 77.1 Å². The molecule has 14 nitrogen and oxygen atoms in total. The maximum absolute atomic E-state index is 13.0. The van der Waals surface area contributed by atoms with Crippen LogP contribution in [-0.4, -0.2) is 83.8 Å². The van der Waals surface area contributed by atoms with Crippen LogP contribution >= 0.6 is 0 Å². The van der Waals surface area contributed by atoms with E-state index in [1.807, 2.05) is 55.4 Å². The van der Waals surface area contributed by atoms with Crippen LogP contribution in [0.4, 0.5) is 22.0 Å². The van der Waals surface area contributed by atoms with Gasteiger partial charge in [0.05, 0.1) is 39.0 Å². The van der Waals surface area contributed by atoms with Crippen molar-refractivity contribution < 1.29 is 87.7 Å². The number of halogens is 5. The predicted octanol–water partition coefficient (Wildman–Crippen LogP) is 15.6. The van der Waals surface area contributed by atoms with Crippen molar-refractivity contribution in [3.8, 4) is 11.5 Å². The zero-order valence-electron chi connectivity index (χ0n) is 54.0. The second-order valence-electron chi connectivity index (χ2n) is 26.4. The van der Waals surface area contributed by atoms with Gasteiger partial charge >= 0.3 is 41.3 Å². The van der Waals surface area contributed by atoms with Gasteiger partial charge in [-0.3, -0.25) is 24.0 Å². The molecule has 0 amide bonds. The lowest BCUT2D eigenvalue weighted by Crippen LogP contribution is -2.53. The quantitative estimate of drug-likeness (QED) is 0.0187. The van der Waals surface area contributed by atoms with Gasteiger partial charge in [0, 0.05) is 5.92 Å². The van der Waals surface area contributed by atoms with Crippen LogP contribution in [0.5, 0.6) is 11.5 Å². The summed E-state index contributed by atoms with van der Waals surface area (Å²) in [4.78, 5) is 62.2. The number of hydrogen-bond acceptors (Lipinski definition) is 14. The van der Waals surface area contributed by atoms with E-state index < -0.39 is 49.9 Å². The third-order valence-corrected chi connectivity index (χ3v) is 21.9. The molecular formula is C69H91F5O14S2. The number of alkyl halides is 5. The minimum absolute atomic E-state index is 0.0146. The van der Waals surface area contributed by atoms with E-state index in [4.69, 9.17) is 24.1 Å². The van der Waals surface area contributed by atoms with Gasteiger partial charge < -0.3 is 33.3 Å². The Hall–Kier alpha value is -6.06. The van der Waals surface area contributed by atoms with E-state index in [0.29, 0.717) is 18.1 Å². The first-order valence-electron chi connectivity index (χ1n) is 31.0. The van der Waals surface area contributed by atoms with Gasteiger partial charge in [-0.2, -0.15) is 22.0 Å². The largest absolute Gasteiger partial charge is 0.743 e. The standard InChI is InChI=1S/C20H32O2.C18H15S.C12H16O3.C10H16O4.C9H13F5O5S/c1-5-19(3,4)18(21)22-20(6-2)11-14-10-15(20)17-13-8-7-12(9-13)16(14)17;1-4-10-16(11-5-1)19(17-12-6-2-7-13-17)18-14-8-3-9-15-18;1-4-12(2,3)11(14)15-10-7-5-9(13)6-8-10;1-4-10(2,3)9(12)14-7-5-8(11)13-6-7;1-4-7(2,3)6(15)19-5(8(10,11)12)9(13,14)20(16,17)18/h12-17H,5-11H2,1-4H3;1-15H;5-8,13H,4H2,1-3H3;7H,4-6H2,1-3H3;5H,4H2,1-3H3,(H,16,17,18)/q;+1;;;/p-1. The molecule has 1 heterocycles. The molecule has 498 valence electrons. The third-order valence-electron chi connectivity index (χ3n) is 18.8. The molecule has 9 atom stereocenters. The molecule has 1 N–H and O–H groups in total. The predicted molar refractivity (Wildman–Crippen MR) is 331 cm³/mol. The molecule has 5 aliphatic rings. The SMILES string of the molecule is CCC(C)(C)C(=O)OC(C(F)(F)F)C(F)(F)S(=O)(=O)[O-].CCC(C)(C)C(=O)OC1(CC)CC2CC1C1C3CCC(C3)C21.CCC(C)(C)C(=O)OC1COC(=O)C1.CCC(C)(C)C(=O)Oc1ccc(O)cc1.c1ccc([S+](c2ccccc2)c2ccccc2)cc1. The first-order valence-corrected chi connectivity index (χ1v) is 33.6. The molecule has 9 rings (SSSR count). The molecule has 4 aliphatic carbocycles. The summed E-state index contributed by atoms with van der Waals surface area (Å²) in [5.74, 6) is 3.52. The lowest BCUT2D eigenvalue weighted by molar-refractivity contribution is -0.262. The fraction of sp³-hybridized carbons (Fsp3) is 0.580. The highest BCUT2D eigenvalue weighted by Gasteiger charge is 2.68. The monoisotopic (exact) mass is 1300 g/mol. The summed E-state index contributed by atoms with van der Waals surface area (Å²) in [5, 5.41) is 3.24. The van der Waals surface area contributed by atoms with Crippen LogP contribution in [0, 0.1) is 57.2 Å². The number of ether oxygens (including phenoxy) is 5. The summed E-state index contributed by atoms with van der Waals surface area (Å²) in [6.07, 6.45) is -0.292. The van der Waals surface area contributed by atoms with Gasteiger partial charge in [-0.15, -0.1) is 0 Å². The van der Waals surface area contributed by atoms with Crippen LogP contribution in [0.2, 0.25) is 0 Å². The van der Waals surface area contributed by atoms with E-state index in [1.165, 1.54) is 59.4 Å². The highest BCUT2D eigenvalue weighted by molar-refractivity contribution is 7.97. The van der Waals surface area contributed by atoms with Crippen molar-refractivity contribution in [1.82, 2.24) is 0 Å². The Morgan fingerprint density at radius 1 is 0.622 bits per heavy atom. The molecular weight excluding hydrogens is 1210 g/mol. The average molecular weight is 1300 g/mol. The Morgan fingerprint density at radius 3 is 1.47 bits per heavy atom. The van der Waals surface area contributed by atoms with Crippen molar-refractivity contribution in [3.05, 3.63) is 115 Å². The lowest BCUT2D eigenvalue weighted by Gasteiger charge is -2.46. The molecule has 9 unspecified atom stereocenters. The van der Waals surface area contributed by atoms with Crippen LogP contribution in [0.15, 0.2) is 130 Å². The zero-order valence-corrected chi connectivity index (χ0v) is 55.7. The fourth-order valence-electron chi connectivity index (χ4n) is 11.6. The first kappa shape index (κ1) is 74.7. The fourth-order valence-corrected chi connectivity index (χ4v) is 14.2. The molecule has 4 saturated carbocycles. The number of carbonyl (C=O) groups excluding carboxylic acids is 5. The van der Waals surface area contributed by atoms with E-state index in [9.17, 15) is 58.9 Å². The maximum Gasteiger partial charge on any atom is 0.432 e. The number of carbonyl (C=O) groups is 5. The Kier molecular flexibility index (Phi) is 25.4. The minimum atomic E-state index is -6.66. The van der Waals surface area contributed by atoms with Crippen LogP contribution < -0.4 is 4.74 Å². The molecule has 4 bridgehead atoms. The van der Waals surface area contributed by atoms with Crippen LogP contribution in [0.3, 0.4) is 0 Å². The van der Waals surface area contributed by atoms with Gasteiger partial charge in [0.15, 0.2) is 24.8 Å². The van der Waals surface area contributed by atoms with E-state index in [0.717, 1.165) is 69.1 Å². The number of esters is 5. The maximum atomic E-state index is 13.0. The summed E-state index contributed by atoms with van der Waals surface area (Å²) in [6.45, 7) is 23.4. The van der Waals surface area contributed by atoms with Crippen LogP contribution in [0.25, 0.3) is 0 Å². The number of benzene rings is 4. The van der Waals surface area contributed by atoms with Crippen LogP contribution in [0.1, 0.15) is 161 Å². The zero-order chi connectivity index (χ0) is 67.4. The summed E-state index contributed by atoms with van der Waals surface area (Å²) in [7, 11) is -6.68. The molecule has 0 spiro atoms. The molecule has 0 aromatic heterocycles. The van der Waals surface area contributed by atoms with Crippen molar-refractivity contribution in [2.45, 2.75) is 205 Å². The molecule has 5 fully saturated rings. The second kappa shape index (κ2) is 30.6. The van der Waals surface area contributed by atoms with Gasteiger partial charge in [-0.25, -0.2) is 8.42 Å². The first-order chi connectivity index (χ1) is 41.8. The Morgan fingerprint density at radius 2 is 1.06 bits per heavy atom. The molecule has 90 heavy (non-hydrogen) atoms. The number of cyclic esters (lactones) is 1. The second-order valence-corrected chi connectivity index (χ2v) is 29.9. The smallest absolute Gasteiger partial charge is 0.432 e. The minimum Gasteiger partial charge on any atom is -0.743 e. The van der Waals surface area contributed by atoms with E-state index >= 15 is 0 Å². The highest BCUT2D eigenvalue weighted by atomic mass is 32.2. The summed E-state index contributed by atoms with van der Waals surface area (Å²) in [5.41, 5.74) is -2.96.